The van der Waals surface area contributed by atoms with Gasteiger partial charge in [0.15, 0.2) is 0 Å². The van der Waals surface area contributed by atoms with Gasteiger partial charge in [0.2, 0.25) is 0 Å². The summed E-state index contributed by atoms with van der Waals surface area (Å²) in [5.41, 5.74) is 0.00568. The third-order valence-electron chi connectivity index (χ3n) is 4.08. The molecule has 0 unspecified atom stereocenters. The van der Waals surface area contributed by atoms with Crippen LogP contribution < -0.4 is 5.32 Å². The largest absolute Gasteiger partial charge is 0.480 e. The number of aliphatic carboxylic acids is 1. The standard InChI is InChI=1S/C19H21NO6S/c1-19(12-27(25,26)13-19)16(18(23)24)20-17(22)15-9-7-14(8-10-15)6-4-2-3-5-11-21/h7-10,16,21,25-26H,5,11-13H2,1H3,(H,20,22)(H,23,24)/t16-/m1/s1. The monoisotopic (exact) mass is 391 g/mol. The molecule has 1 aliphatic heterocycles. The molecule has 0 aromatic heterocycles. The minimum atomic E-state index is -2.74. The fourth-order valence-electron chi connectivity index (χ4n) is 2.90. The number of carbonyl (C=O) groups is 2. The topological polar surface area (TPSA) is 127 Å². The van der Waals surface area contributed by atoms with Crippen LogP contribution in [0.4, 0.5) is 0 Å². The molecular weight excluding hydrogens is 370 g/mol. The SMILES string of the molecule is CC1([C@H](NC(=O)c2ccc(C#CC#CCCO)cc2)C(=O)O)CS(O)(O)C1. The van der Waals surface area contributed by atoms with Crippen molar-refractivity contribution in [2.75, 3.05) is 18.1 Å². The van der Waals surface area contributed by atoms with Gasteiger partial charge < -0.3 is 15.5 Å². The van der Waals surface area contributed by atoms with Crippen molar-refractivity contribution in [3.05, 3.63) is 35.4 Å². The molecule has 1 aromatic carbocycles. The summed E-state index contributed by atoms with van der Waals surface area (Å²) in [4.78, 5) is 23.9. The number of aliphatic hydroxyl groups excluding tert-OH is 1. The Labute approximate surface area is 159 Å². The van der Waals surface area contributed by atoms with Crippen molar-refractivity contribution in [2.45, 2.75) is 19.4 Å². The molecule has 1 aliphatic rings. The van der Waals surface area contributed by atoms with Gasteiger partial charge >= 0.3 is 5.97 Å². The number of amides is 1. The Kier molecular flexibility index (Phi) is 6.53. The molecule has 0 radical (unpaired) electrons. The molecule has 144 valence electrons. The van der Waals surface area contributed by atoms with Crippen LogP contribution in [0.15, 0.2) is 24.3 Å². The van der Waals surface area contributed by atoms with Gasteiger partial charge in [-0.1, -0.05) is 18.8 Å². The minimum Gasteiger partial charge on any atom is -0.480 e. The van der Waals surface area contributed by atoms with Crippen molar-refractivity contribution in [1.29, 1.82) is 0 Å². The second kappa shape index (κ2) is 8.47. The number of carbonyl (C=O) groups excluding carboxylic acids is 1. The van der Waals surface area contributed by atoms with Crippen molar-refractivity contribution >= 4 is 22.5 Å². The zero-order chi connectivity index (χ0) is 20.1. The number of rotatable bonds is 5. The number of aliphatic hydroxyl groups is 1. The van der Waals surface area contributed by atoms with Crippen molar-refractivity contribution < 1.29 is 28.9 Å². The van der Waals surface area contributed by atoms with Gasteiger partial charge in [-0.3, -0.25) is 13.9 Å². The maximum absolute atomic E-state index is 12.4. The molecule has 1 aromatic rings. The molecule has 2 rings (SSSR count). The maximum Gasteiger partial charge on any atom is 0.326 e. The molecule has 0 bridgehead atoms. The van der Waals surface area contributed by atoms with Crippen molar-refractivity contribution in [2.24, 2.45) is 5.41 Å². The van der Waals surface area contributed by atoms with E-state index in [-0.39, 0.29) is 23.7 Å². The molecule has 7 nitrogen and oxygen atoms in total. The number of hydrogen-bond acceptors (Lipinski definition) is 5. The number of carboxylic acid groups (broad SMARTS) is 1. The number of carboxylic acids is 1. The molecule has 8 heteroatoms. The highest BCUT2D eigenvalue weighted by Gasteiger charge is 2.53. The van der Waals surface area contributed by atoms with Crippen LogP contribution in [0.2, 0.25) is 0 Å². The predicted octanol–water partition coefficient (Wildman–Crippen LogP) is 1.38. The lowest BCUT2D eigenvalue weighted by Crippen LogP contribution is -2.60. The van der Waals surface area contributed by atoms with Gasteiger partial charge in [0.05, 0.1) is 6.61 Å². The fraction of sp³-hybridized carbons (Fsp3) is 0.368. The summed E-state index contributed by atoms with van der Waals surface area (Å²) in [7, 11) is -2.74. The van der Waals surface area contributed by atoms with Gasteiger partial charge in [-0.15, -0.1) is 0 Å². The minimum absolute atomic E-state index is 0.0201. The maximum atomic E-state index is 12.4. The Morgan fingerprint density at radius 2 is 1.85 bits per heavy atom. The van der Waals surface area contributed by atoms with Crippen molar-refractivity contribution in [3.8, 4) is 23.7 Å². The first kappa shape index (κ1) is 20.8. The molecule has 5 N–H and O–H groups in total. The lowest BCUT2D eigenvalue weighted by atomic mass is 9.85. The molecule has 1 amide bonds. The van der Waals surface area contributed by atoms with E-state index in [1.807, 2.05) is 0 Å². The molecule has 0 spiro atoms. The average molecular weight is 391 g/mol. The van der Waals surface area contributed by atoms with E-state index < -0.39 is 33.9 Å². The van der Waals surface area contributed by atoms with E-state index >= 15 is 0 Å². The van der Waals surface area contributed by atoms with E-state index in [0.717, 1.165) is 0 Å². The zero-order valence-corrected chi connectivity index (χ0v) is 15.5. The molecule has 0 saturated carbocycles. The Balaban J connectivity index is 2.04. The highest BCUT2D eigenvalue weighted by molar-refractivity contribution is 8.25. The third kappa shape index (κ3) is 5.49. The Morgan fingerprint density at radius 3 is 2.37 bits per heavy atom. The van der Waals surface area contributed by atoms with Gasteiger partial charge in [-0.05, 0) is 36.1 Å². The van der Waals surface area contributed by atoms with Crippen LogP contribution in [-0.4, -0.2) is 55.3 Å². The average Bonchev–Trinajstić information content (AvgIpc) is 2.57. The van der Waals surface area contributed by atoms with Crippen LogP contribution in [-0.2, 0) is 4.79 Å². The Morgan fingerprint density at radius 1 is 1.22 bits per heavy atom. The molecule has 1 fully saturated rings. The number of benzene rings is 1. The lowest BCUT2D eigenvalue weighted by molar-refractivity contribution is -0.142. The van der Waals surface area contributed by atoms with E-state index in [2.05, 4.69) is 29.0 Å². The summed E-state index contributed by atoms with van der Waals surface area (Å²) >= 11 is 0. The van der Waals surface area contributed by atoms with Crippen LogP contribution in [0, 0.1) is 29.1 Å². The van der Waals surface area contributed by atoms with Crippen LogP contribution in [0.1, 0.15) is 29.3 Å². The quantitative estimate of drug-likeness (QED) is 0.483. The first-order chi connectivity index (χ1) is 12.7. The Bertz CT molecular complexity index is 833. The van der Waals surface area contributed by atoms with Crippen LogP contribution in [0.25, 0.3) is 0 Å². The van der Waals surface area contributed by atoms with E-state index in [0.29, 0.717) is 12.0 Å². The Hall–Kier alpha value is -2.49. The fourth-order valence-corrected chi connectivity index (χ4v) is 5.26. The first-order valence-corrected chi connectivity index (χ1v) is 10.0. The number of nitrogens with one attached hydrogen (secondary N) is 1. The van der Waals surface area contributed by atoms with Crippen molar-refractivity contribution in [1.82, 2.24) is 5.32 Å². The summed E-state index contributed by atoms with van der Waals surface area (Å²) in [5.74, 6) is 8.81. The highest BCUT2D eigenvalue weighted by Crippen LogP contribution is 2.59. The summed E-state index contributed by atoms with van der Waals surface area (Å²) in [6.45, 7) is 1.59. The van der Waals surface area contributed by atoms with Crippen LogP contribution in [0.3, 0.4) is 0 Å². The smallest absolute Gasteiger partial charge is 0.326 e. The summed E-state index contributed by atoms with van der Waals surface area (Å²) in [5, 5.41) is 20.5. The molecule has 1 heterocycles. The summed E-state index contributed by atoms with van der Waals surface area (Å²) in [6.07, 6.45) is 0.354. The molecular formula is C19H21NO6S. The second-order valence-corrected chi connectivity index (χ2v) is 8.77. The van der Waals surface area contributed by atoms with Crippen LogP contribution >= 0.6 is 10.6 Å². The van der Waals surface area contributed by atoms with Gasteiger partial charge in [-0.2, -0.15) is 10.6 Å². The van der Waals surface area contributed by atoms with Crippen LogP contribution in [0.5, 0.6) is 0 Å². The molecule has 1 atom stereocenters. The molecule has 27 heavy (non-hydrogen) atoms. The summed E-state index contributed by atoms with van der Waals surface area (Å²) < 4.78 is 19.2. The molecule has 0 aliphatic carbocycles. The van der Waals surface area contributed by atoms with Gasteiger partial charge in [0.25, 0.3) is 5.91 Å². The second-order valence-electron chi connectivity index (χ2n) is 6.59. The highest BCUT2D eigenvalue weighted by atomic mass is 32.3. The third-order valence-corrected chi connectivity index (χ3v) is 6.33. The van der Waals surface area contributed by atoms with E-state index in [4.69, 9.17) is 5.11 Å². The normalized spacial score (nSPS) is 18.4. The van der Waals surface area contributed by atoms with Gasteiger partial charge in [-0.25, -0.2) is 4.79 Å². The number of hydrogen-bond donors (Lipinski definition) is 5. The van der Waals surface area contributed by atoms with Gasteiger partial charge in [0.1, 0.15) is 6.04 Å². The van der Waals surface area contributed by atoms with E-state index in [9.17, 15) is 23.8 Å². The van der Waals surface area contributed by atoms with E-state index in [1.54, 1.807) is 19.1 Å². The van der Waals surface area contributed by atoms with Gasteiger partial charge in [0, 0.05) is 34.5 Å². The predicted molar refractivity (Wildman–Crippen MR) is 102 cm³/mol. The lowest BCUT2D eigenvalue weighted by Gasteiger charge is -2.56. The first-order valence-electron chi connectivity index (χ1n) is 8.14. The summed E-state index contributed by atoms with van der Waals surface area (Å²) in [6, 6.07) is 5.07. The van der Waals surface area contributed by atoms with E-state index in [1.165, 1.54) is 12.1 Å². The molecule has 1 saturated heterocycles. The zero-order valence-electron chi connectivity index (χ0n) is 14.7. The van der Waals surface area contributed by atoms with Crippen molar-refractivity contribution in [3.63, 3.8) is 0 Å².